The molecular weight excluding hydrogens is 658 g/mol. The highest BCUT2D eigenvalue weighted by atomic mass is 79.9. The van der Waals surface area contributed by atoms with E-state index in [2.05, 4.69) is 41.7 Å². The number of rotatable bonds is 7. The van der Waals surface area contributed by atoms with Crippen LogP contribution < -0.4 is 15.0 Å². The largest absolute Gasteiger partial charge is 0.493 e. The fourth-order valence-corrected chi connectivity index (χ4v) is 4.84. The predicted molar refractivity (Wildman–Crippen MR) is 155 cm³/mol. The van der Waals surface area contributed by atoms with Gasteiger partial charge in [0, 0.05) is 19.9 Å². The quantitative estimate of drug-likeness (QED) is 0.145. The third-order valence-corrected chi connectivity index (χ3v) is 7.64. The molecule has 198 valence electrons. The van der Waals surface area contributed by atoms with Crippen LogP contribution in [0, 0.1) is 0 Å². The van der Waals surface area contributed by atoms with E-state index in [1.807, 2.05) is 18.2 Å². The summed E-state index contributed by atoms with van der Waals surface area (Å²) in [6, 6.07) is 16.0. The van der Waals surface area contributed by atoms with Gasteiger partial charge in [-0.25, -0.2) is 9.78 Å². The van der Waals surface area contributed by atoms with Gasteiger partial charge in [-0.05, 0) is 58.4 Å². The summed E-state index contributed by atoms with van der Waals surface area (Å²) in [4.78, 5) is 29.8. The maximum absolute atomic E-state index is 13.6. The smallest absolute Gasteiger partial charge is 0.343 e. The summed E-state index contributed by atoms with van der Waals surface area (Å²) in [7, 11) is 2.68. The predicted octanol–water partition coefficient (Wildman–Crippen LogP) is 6.43. The monoisotopic (exact) mass is 673 g/mol. The lowest BCUT2D eigenvalue weighted by Crippen LogP contribution is -2.20. The number of fused-ring (bicyclic) bond motifs is 2. The molecule has 0 aliphatic rings. The first kappa shape index (κ1) is 26.9. The average Bonchev–Trinajstić information content (AvgIpc) is 3.36. The van der Waals surface area contributed by atoms with Crippen molar-refractivity contribution in [2.45, 2.75) is 0 Å². The number of hydrogen-bond donors (Lipinski definition) is 0. The number of halogens is 3. The van der Waals surface area contributed by atoms with Crippen molar-refractivity contribution in [2.24, 2.45) is 5.10 Å². The summed E-state index contributed by atoms with van der Waals surface area (Å²) in [5, 5.41) is 5.84. The van der Waals surface area contributed by atoms with Crippen LogP contribution in [0.15, 0.2) is 77.9 Å². The summed E-state index contributed by atoms with van der Waals surface area (Å²) in [6.07, 6.45) is 1.43. The van der Waals surface area contributed by atoms with E-state index >= 15 is 0 Å². The molecule has 0 fully saturated rings. The zero-order valence-corrected chi connectivity index (χ0v) is 24.3. The molecule has 2 heterocycles. The third kappa shape index (κ3) is 5.29. The number of carbonyl (C=O) groups is 1. The van der Waals surface area contributed by atoms with E-state index in [4.69, 9.17) is 30.5 Å². The van der Waals surface area contributed by atoms with Gasteiger partial charge >= 0.3 is 5.97 Å². The number of methoxy groups -OCH3 is 2. The van der Waals surface area contributed by atoms with E-state index in [0.717, 1.165) is 9.86 Å². The molecule has 0 aliphatic heterocycles. The molecule has 5 rings (SSSR count). The molecule has 3 aromatic carbocycles. The topological polar surface area (TPSA) is 105 Å². The van der Waals surface area contributed by atoms with E-state index in [0.29, 0.717) is 32.3 Å². The molecule has 0 spiro atoms. The van der Waals surface area contributed by atoms with E-state index in [-0.39, 0.29) is 34.5 Å². The van der Waals surface area contributed by atoms with Gasteiger partial charge in [-0.2, -0.15) is 9.78 Å². The van der Waals surface area contributed by atoms with Crippen LogP contribution in [-0.2, 0) is 9.53 Å². The molecule has 0 N–H and O–H groups in total. The lowest BCUT2D eigenvalue weighted by atomic mass is 10.2. The molecular formula is C27H18Br2ClN3O6. The van der Waals surface area contributed by atoms with E-state index in [9.17, 15) is 9.59 Å². The molecule has 0 saturated heterocycles. The van der Waals surface area contributed by atoms with Gasteiger partial charge in [-0.1, -0.05) is 39.7 Å². The van der Waals surface area contributed by atoms with Crippen molar-refractivity contribution >= 4 is 77.5 Å². The minimum absolute atomic E-state index is 0.145. The van der Waals surface area contributed by atoms with Crippen LogP contribution in [0.4, 0.5) is 0 Å². The average molecular weight is 676 g/mol. The second-order valence-corrected chi connectivity index (χ2v) is 10.2. The number of ether oxygens (including phenoxy) is 3. The molecule has 5 aromatic rings. The Balaban J connectivity index is 1.64. The molecule has 0 amide bonds. The van der Waals surface area contributed by atoms with E-state index in [1.165, 1.54) is 25.1 Å². The maximum Gasteiger partial charge on any atom is 0.343 e. The van der Waals surface area contributed by atoms with Gasteiger partial charge in [0.1, 0.15) is 10.6 Å². The highest BCUT2D eigenvalue weighted by molar-refractivity contribution is 9.10. The number of benzene rings is 3. The van der Waals surface area contributed by atoms with Crippen LogP contribution in [0.1, 0.15) is 5.56 Å². The number of furan rings is 1. The van der Waals surface area contributed by atoms with Gasteiger partial charge < -0.3 is 18.6 Å². The Labute approximate surface area is 243 Å². The van der Waals surface area contributed by atoms with Crippen molar-refractivity contribution < 1.29 is 23.4 Å². The molecule has 0 aliphatic carbocycles. The number of esters is 1. The number of aromatic nitrogens is 2. The number of hydrogen-bond acceptors (Lipinski definition) is 8. The normalized spacial score (nSPS) is 11.4. The van der Waals surface area contributed by atoms with Gasteiger partial charge in [0.25, 0.3) is 5.56 Å². The van der Waals surface area contributed by atoms with Crippen LogP contribution >= 0.6 is 43.5 Å². The summed E-state index contributed by atoms with van der Waals surface area (Å²) >= 11 is 13.4. The van der Waals surface area contributed by atoms with Gasteiger partial charge in [0.15, 0.2) is 23.9 Å². The Morgan fingerprint density at radius 2 is 1.95 bits per heavy atom. The lowest BCUT2D eigenvalue weighted by Gasteiger charge is -2.14. The Morgan fingerprint density at radius 3 is 2.72 bits per heavy atom. The van der Waals surface area contributed by atoms with Gasteiger partial charge in [-0.15, -0.1) is 0 Å². The number of nitrogens with zero attached hydrogens (tertiary/aromatic N) is 3. The summed E-state index contributed by atoms with van der Waals surface area (Å²) in [5.41, 5.74) is 1.22. The maximum atomic E-state index is 13.6. The van der Waals surface area contributed by atoms with Crippen molar-refractivity contribution in [3.8, 4) is 23.1 Å². The summed E-state index contributed by atoms with van der Waals surface area (Å²) in [5.74, 6) is 0.398. The fraction of sp³-hybridized carbons (Fsp3) is 0.111. The minimum Gasteiger partial charge on any atom is -0.493 e. The Kier molecular flexibility index (Phi) is 7.74. The van der Waals surface area contributed by atoms with Crippen LogP contribution in [0.2, 0.25) is 5.02 Å². The first-order valence-corrected chi connectivity index (χ1v) is 13.3. The van der Waals surface area contributed by atoms with Crippen LogP contribution in [0.25, 0.3) is 33.5 Å². The molecule has 39 heavy (non-hydrogen) atoms. The van der Waals surface area contributed by atoms with Crippen molar-refractivity contribution in [1.82, 2.24) is 9.66 Å². The number of carbonyl (C=O) groups excluding carboxylic acids is 1. The standard InChI is InChI=1S/C27H18Br2ClN3O6/c1-36-20-11-15(23(29)24(30)25(20)38-13-22(34)37-2)12-31-33-26(32-18-6-4-3-5-17(18)27(33)35)21-10-14-9-16(28)7-8-19(14)39-21/h3-12H,13H2,1-2H3. The van der Waals surface area contributed by atoms with Crippen molar-refractivity contribution in [1.29, 1.82) is 0 Å². The van der Waals surface area contributed by atoms with E-state index in [1.54, 1.807) is 36.4 Å². The van der Waals surface area contributed by atoms with Crippen molar-refractivity contribution in [3.05, 3.63) is 84.5 Å². The van der Waals surface area contributed by atoms with Crippen LogP contribution in [0.3, 0.4) is 0 Å². The number of para-hydroxylation sites is 1. The highest BCUT2D eigenvalue weighted by Gasteiger charge is 2.20. The molecule has 0 radical (unpaired) electrons. The fourth-order valence-electron chi connectivity index (χ4n) is 3.81. The van der Waals surface area contributed by atoms with Crippen molar-refractivity contribution in [3.63, 3.8) is 0 Å². The van der Waals surface area contributed by atoms with Crippen LogP contribution in [0.5, 0.6) is 11.5 Å². The van der Waals surface area contributed by atoms with Gasteiger partial charge in [0.05, 0.1) is 31.3 Å². The molecule has 0 unspecified atom stereocenters. The third-order valence-electron chi connectivity index (χ3n) is 5.70. The van der Waals surface area contributed by atoms with E-state index < -0.39 is 5.97 Å². The minimum atomic E-state index is -0.580. The Hall–Kier alpha value is -3.67. The molecule has 0 saturated carbocycles. The van der Waals surface area contributed by atoms with Crippen LogP contribution in [-0.4, -0.2) is 42.7 Å². The first-order chi connectivity index (χ1) is 18.8. The Morgan fingerprint density at radius 1 is 1.15 bits per heavy atom. The zero-order valence-electron chi connectivity index (χ0n) is 20.4. The van der Waals surface area contributed by atoms with Gasteiger partial charge in [-0.3, -0.25) is 4.79 Å². The zero-order chi connectivity index (χ0) is 27.7. The second kappa shape index (κ2) is 11.2. The molecule has 0 atom stereocenters. The molecule has 12 heteroatoms. The van der Waals surface area contributed by atoms with Gasteiger partial charge in [0.2, 0.25) is 5.82 Å². The second-order valence-electron chi connectivity index (χ2n) is 8.10. The van der Waals surface area contributed by atoms with Crippen molar-refractivity contribution in [2.75, 3.05) is 20.8 Å². The Bertz CT molecular complexity index is 1830. The molecule has 0 bridgehead atoms. The first-order valence-electron chi connectivity index (χ1n) is 11.3. The lowest BCUT2D eigenvalue weighted by molar-refractivity contribution is -0.142. The molecule has 2 aromatic heterocycles. The summed E-state index contributed by atoms with van der Waals surface area (Å²) in [6.45, 7) is -0.359. The molecule has 9 nitrogen and oxygen atoms in total. The SMILES string of the molecule is COC(=O)COc1c(OC)cc(C=Nn2c(-c3cc4cc(Br)ccc4o3)nc3ccccc3c2=O)c(Br)c1Cl. The highest BCUT2D eigenvalue weighted by Crippen LogP contribution is 2.42. The summed E-state index contributed by atoms with van der Waals surface area (Å²) < 4.78 is 24.0.